The third-order valence-electron chi connectivity index (χ3n) is 1.46. The Morgan fingerprint density at radius 3 is 2.64 bits per heavy atom. The Bertz CT molecular complexity index is 225. The zero-order valence-corrected chi connectivity index (χ0v) is 9.00. The van der Waals surface area contributed by atoms with Gasteiger partial charge in [0.15, 0.2) is 0 Å². The number of amides is 1. The quantitative estimate of drug-likeness (QED) is 0.582. The maximum atomic E-state index is 11.2. The van der Waals surface area contributed by atoms with Gasteiger partial charge in [0.1, 0.15) is 0 Å². The molecule has 0 spiro atoms. The van der Waals surface area contributed by atoms with Crippen LogP contribution in [-0.4, -0.2) is 48.2 Å². The number of nitrogens with zero attached hydrogens (tertiary/aromatic N) is 1. The SMILES string of the molecule is C#CCNC(=O)CN(C)CC(C)(C)O. The molecule has 0 radical (unpaired) electrons. The molecule has 1 amide bonds. The Kier molecular flexibility index (Phi) is 5.21. The summed E-state index contributed by atoms with van der Waals surface area (Å²) in [7, 11) is 1.77. The number of rotatable bonds is 5. The van der Waals surface area contributed by atoms with Gasteiger partial charge in [-0.05, 0) is 20.9 Å². The molecule has 80 valence electrons. The average molecular weight is 198 g/mol. The molecule has 0 aromatic carbocycles. The molecule has 4 heteroatoms. The highest BCUT2D eigenvalue weighted by Crippen LogP contribution is 2.02. The van der Waals surface area contributed by atoms with Gasteiger partial charge in [0.25, 0.3) is 0 Å². The van der Waals surface area contributed by atoms with Gasteiger partial charge in [-0.15, -0.1) is 6.42 Å². The Morgan fingerprint density at radius 2 is 2.21 bits per heavy atom. The van der Waals surface area contributed by atoms with Crippen molar-refractivity contribution in [3.8, 4) is 12.3 Å². The largest absolute Gasteiger partial charge is 0.389 e. The first kappa shape index (κ1) is 12.9. The molecule has 0 aromatic rings. The lowest BCUT2D eigenvalue weighted by molar-refractivity contribution is -0.122. The molecule has 0 rings (SSSR count). The van der Waals surface area contributed by atoms with Crippen LogP contribution >= 0.6 is 0 Å². The van der Waals surface area contributed by atoms with Crippen molar-refractivity contribution < 1.29 is 9.90 Å². The normalized spacial score (nSPS) is 11.1. The van der Waals surface area contributed by atoms with Gasteiger partial charge in [0.05, 0.1) is 18.7 Å². The van der Waals surface area contributed by atoms with Crippen LogP contribution in [0.3, 0.4) is 0 Å². The molecule has 0 aromatic heterocycles. The Hall–Kier alpha value is -1.05. The molecule has 0 saturated carbocycles. The van der Waals surface area contributed by atoms with E-state index in [0.29, 0.717) is 6.54 Å². The lowest BCUT2D eigenvalue weighted by Crippen LogP contribution is -2.42. The van der Waals surface area contributed by atoms with Crippen LogP contribution in [0.15, 0.2) is 0 Å². The van der Waals surface area contributed by atoms with E-state index in [-0.39, 0.29) is 19.0 Å². The molecular formula is C10H18N2O2. The van der Waals surface area contributed by atoms with Crippen molar-refractivity contribution in [3.63, 3.8) is 0 Å². The number of carbonyl (C=O) groups excluding carboxylic acids is 1. The lowest BCUT2D eigenvalue weighted by Gasteiger charge is -2.24. The fraction of sp³-hybridized carbons (Fsp3) is 0.700. The van der Waals surface area contributed by atoms with E-state index in [9.17, 15) is 9.90 Å². The van der Waals surface area contributed by atoms with E-state index in [0.717, 1.165) is 0 Å². The van der Waals surface area contributed by atoms with Gasteiger partial charge >= 0.3 is 0 Å². The average Bonchev–Trinajstić information content (AvgIpc) is 1.96. The van der Waals surface area contributed by atoms with E-state index in [1.165, 1.54) is 0 Å². The number of hydrogen-bond donors (Lipinski definition) is 2. The van der Waals surface area contributed by atoms with E-state index in [1.54, 1.807) is 25.8 Å². The molecule has 0 bridgehead atoms. The lowest BCUT2D eigenvalue weighted by atomic mass is 10.1. The maximum Gasteiger partial charge on any atom is 0.234 e. The highest BCUT2D eigenvalue weighted by atomic mass is 16.3. The first-order valence-corrected chi connectivity index (χ1v) is 4.46. The van der Waals surface area contributed by atoms with Gasteiger partial charge in [0, 0.05) is 6.54 Å². The zero-order chi connectivity index (χ0) is 11.2. The molecule has 0 saturated heterocycles. The predicted molar refractivity (Wildman–Crippen MR) is 55.6 cm³/mol. The summed E-state index contributed by atoms with van der Waals surface area (Å²) in [6, 6.07) is 0. The van der Waals surface area contributed by atoms with Crippen molar-refractivity contribution in [2.24, 2.45) is 0 Å². The summed E-state index contributed by atoms with van der Waals surface area (Å²) in [5.41, 5.74) is -0.791. The van der Waals surface area contributed by atoms with Crippen LogP contribution in [0.2, 0.25) is 0 Å². The minimum Gasteiger partial charge on any atom is -0.389 e. The molecular weight excluding hydrogens is 180 g/mol. The third-order valence-corrected chi connectivity index (χ3v) is 1.46. The summed E-state index contributed by atoms with van der Waals surface area (Å²) >= 11 is 0. The molecule has 0 aliphatic carbocycles. The first-order valence-electron chi connectivity index (χ1n) is 4.46. The monoisotopic (exact) mass is 198 g/mol. The number of carbonyl (C=O) groups is 1. The fourth-order valence-electron chi connectivity index (χ4n) is 1.17. The molecule has 0 aliphatic rings. The van der Waals surface area contributed by atoms with Crippen LogP contribution in [0, 0.1) is 12.3 Å². The van der Waals surface area contributed by atoms with Crippen molar-refractivity contribution >= 4 is 5.91 Å². The van der Waals surface area contributed by atoms with Crippen molar-refractivity contribution in [2.45, 2.75) is 19.4 Å². The van der Waals surface area contributed by atoms with Crippen LogP contribution in [-0.2, 0) is 4.79 Å². The van der Waals surface area contributed by atoms with Crippen LogP contribution in [0.1, 0.15) is 13.8 Å². The van der Waals surface area contributed by atoms with Gasteiger partial charge in [-0.1, -0.05) is 5.92 Å². The van der Waals surface area contributed by atoms with Gasteiger partial charge in [0.2, 0.25) is 5.91 Å². The van der Waals surface area contributed by atoms with Crippen LogP contribution in [0.4, 0.5) is 0 Å². The number of likely N-dealkylation sites (N-methyl/N-ethyl adjacent to an activating group) is 1. The Labute approximate surface area is 85.3 Å². The van der Waals surface area contributed by atoms with Crippen molar-refractivity contribution in [1.82, 2.24) is 10.2 Å². The maximum absolute atomic E-state index is 11.2. The number of nitrogens with one attached hydrogen (secondary N) is 1. The molecule has 2 N–H and O–H groups in total. The van der Waals surface area contributed by atoms with E-state index < -0.39 is 5.60 Å². The van der Waals surface area contributed by atoms with Gasteiger partial charge in [-0.3, -0.25) is 9.69 Å². The minimum atomic E-state index is -0.791. The van der Waals surface area contributed by atoms with Gasteiger partial charge < -0.3 is 10.4 Å². The summed E-state index contributed by atoms with van der Waals surface area (Å²) < 4.78 is 0. The molecule has 4 nitrogen and oxygen atoms in total. The number of aliphatic hydroxyl groups is 1. The van der Waals surface area contributed by atoms with E-state index in [4.69, 9.17) is 6.42 Å². The Balaban J connectivity index is 3.78. The van der Waals surface area contributed by atoms with Crippen molar-refractivity contribution in [1.29, 1.82) is 0 Å². The van der Waals surface area contributed by atoms with E-state index in [1.807, 2.05) is 0 Å². The summed E-state index contributed by atoms with van der Waals surface area (Å²) in [6.45, 7) is 4.32. The minimum absolute atomic E-state index is 0.130. The zero-order valence-electron chi connectivity index (χ0n) is 9.00. The van der Waals surface area contributed by atoms with Gasteiger partial charge in [-0.2, -0.15) is 0 Å². The summed E-state index contributed by atoms with van der Waals surface area (Å²) in [5, 5.41) is 12.0. The second kappa shape index (κ2) is 5.63. The number of hydrogen-bond acceptors (Lipinski definition) is 3. The van der Waals surface area contributed by atoms with Gasteiger partial charge in [-0.25, -0.2) is 0 Å². The first-order chi connectivity index (χ1) is 6.35. The summed E-state index contributed by atoms with van der Waals surface area (Å²) in [6.07, 6.45) is 4.99. The highest BCUT2D eigenvalue weighted by molar-refractivity contribution is 5.78. The second-order valence-corrected chi connectivity index (χ2v) is 3.97. The third kappa shape index (κ3) is 7.59. The smallest absolute Gasteiger partial charge is 0.234 e. The summed E-state index contributed by atoms with van der Waals surface area (Å²) in [5.74, 6) is 2.19. The fourth-order valence-corrected chi connectivity index (χ4v) is 1.17. The predicted octanol–water partition coefficient (Wildman–Crippen LogP) is -0.561. The van der Waals surface area contributed by atoms with Crippen LogP contribution in [0.25, 0.3) is 0 Å². The topological polar surface area (TPSA) is 52.6 Å². The Morgan fingerprint density at radius 1 is 1.64 bits per heavy atom. The van der Waals surface area contributed by atoms with Crippen LogP contribution < -0.4 is 5.32 Å². The van der Waals surface area contributed by atoms with Crippen LogP contribution in [0.5, 0.6) is 0 Å². The second-order valence-electron chi connectivity index (χ2n) is 3.97. The number of terminal acetylenes is 1. The molecule has 0 atom stereocenters. The van der Waals surface area contributed by atoms with E-state index in [2.05, 4.69) is 11.2 Å². The summed E-state index contributed by atoms with van der Waals surface area (Å²) in [4.78, 5) is 12.9. The molecule has 0 fully saturated rings. The molecule has 0 heterocycles. The standard InChI is InChI=1S/C10H18N2O2/c1-5-6-11-9(13)7-12(4)8-10(2,3)14/h1,14H,6-8H2,2-4H3,(H,11,13). The molecule has 0 unspecified atom stereocenters. The van der Waals surface area contributed by atoms with E-state index >= 15 is 0 Å². The highest BCUT2D eigenvalue weighted by Gasteiger charge is 2.16. The molecule has 0 aliphatic heterocycles. The van der Waals surface area contributed by atoms with Crippen molar-refractivity contribution in [3.05, 3.63) is 0 Å². The van der Waals surface area contributed by atoms with Crippen molar-refractivity contribution in [2.75, 3.05) is 26.7 Å². The molecule has 14 heavy (non-hydrogen) atoms.